The number of halogens is 4. The molecule has 1 aromatic carbocycles. The van der Waals surface area contributed by atoms with E-state index in [1.165, 1.54) is 13.2 Å². The number of hydrogen-bond donors (Lipinski definition) is 0. The highest BCUT2D eigenvalue weighted by Gasteiger charge is 2.34. The van der Waals surface area contributed by atoms with Crippen molar-refractivity contribution in [3.63, 3.8) is 0 Å². The van der Waals surface area contributed by atoms with Crippen molar-refractivity contribution in [1.82, 2.24) is 4.98 Å². The predicted octanol–water partition coefficient (Wildman–Crippen LogP) is 5.61. The summed E-state index contributed by atoms with van der Waals surface area (Å²) in [4.78, 5) is 17.6. The van der Waals surface area contributed by atoms with Gasteiger partial charge in [-0.2, -0.15) is 0 Å². The molecule has 3 rings (SSSR count). The number of rotatable bonds is 1. The number of carbonyl (C=O) groups is 1. The van der Waals surface area contributed by atoms with Crippen molar-refractivity contribution in [3.05, 3.63) is 45.2 Å². The zero-order valence-corrected chi connectivity index (χ0v) is 16.1. The van der Waals surface area contributed by atoms with E-state index < -0.39 is 23.3 Å². The van der Waals surface area contributed by atoms with Gasteiger partial charge in [0.05, 0.1) is 21.4 Å². The van der Waals surface area contributed by atoms with Crippen molar-refractivity contribution in [2.75, 3.05) is 11.9 Å². The van der Waals surface area contributed by atoms with Gasteiger partial charge in [-0.3, -0.25) is 9.88 Å². The number of aromatic nitrogens is 1. The molecule has 0 N–H and O–H groups in total. The van der Waals surface area contributed by atoms with Crippen LogP contribution in [0, 0.1) is 11.6 Å². The van der Waals surface area contributed by atoms with Crippen molar-refractivity contribution < 1.29 is 18.3 Å². The molecule has 0 spiro atoms. The highest BCUT2D eigenvalue weighted by Crippen LogP contribution is 2.48. The molecule has 1 amide bonds. The first-order valence-electron chi connectivity index (χ1n) is 7.82. The monoisotopic (exact) mass is 400 g/mol. The van der Waals surface area contributed by atoms with Gasteiger partial charge in [0.1, 0.15) is 17.2 Å². The van der Waals surface area contributed by atoms with Gasteiger partial charge >= 0.3 is 6.09 Å². The smallest absolute Gasteiger partial charge is 0.414 e. The molecule has 0 atom stereocenters. The number of fused-ring (bicyclic) bond motifs is 3. The quantitative estimate of drug-likeness (QED) is 0.533. The Balaban J connectivity index is 2.16. The average Bonchev–Trinajstić information content (AvgIpc) is 2.89. The second-order valence-corrected chi connectivity index (χ2v) is 7.79. The van der Waals surface area contributed by atoms with Crippen molar-refractivity contribution in [2.45, 2.75) is 32.8 Å². The molecule has 1 heterocycles. The zero-order chi connectivity index (χ0) is 19.4. The molecule has 0 saturated carbocycles. The average molecular weight is 401 g/mol. The molecule has 0 radical (unpaired) electrons. The van der Waals surface area contributed by atoms with E-state index in [-0.39, 0.29) is 33.3 Å². The maximum Gasteiger partial charge on any atom is 0.414 e. The van der Waals surface area contributed by atoms with E-state index in [1.807, 2.05) is 0 Å². The molecular formula is C18H16Cl2F2N2O2. The SMILES string of the molecule is CN(C(=O)OC(C)(C)C)c1c(F)cc(F)c2c1Cc1ncc(Cl)c(Cl)c1-2. The number of hydrogen-bond acceptors (Lipinski definition) is 3. The van der Waals surface area contributed by atoms with Crippen LogP contribution in [-0.4, -0.2) is 23.7 Å². The van der Waals surface area contributed by atoms with E-state index in [9.17, 15) is 13.6 Å². The van der Waals surface area contributed by atoms with Gasteiger partial charge in [-0.1, -0.05) is 23.2 Å². The van der Waals surface area contributed by atoms with Crippen LogP contribution in [0.4, 0.5) is 19.3 Å². The maximum atomic E-state index is 14.6. The summed E-state index contributed by atoms with van der Waals surface area (Å²) in [6, 6.07) is 0.724. The third kappa shape index (κ3) is 3.12. The molecular weight excluding hydrogens is 385 g/mol. The summed E-state index contributed by atoms with van der Waals surface area (Å²) in [6.07, 6.45) is 0.733. The Morgan fingerprint density at radius 3 is 2.50 bits per heavy atom. The van der Waals surface area contributed by atoms with E-state index in [1.54, 1.807) is 20.8 Å². The number of ether oxygens (including phenoxy) is 1. The second-order valence-electron chi connectivity index (χ2n) is 7.00. The molecule has 0 saturated heterocycles. The van der Waals surface area contributed by atoms with Gasteiger partial charge < -0.3 is 4.74 Å². The highest BCUT2D eigenvalue weighted by atomic mass is 35.5. The van der Waals surface area contributed by atoms with E-state index in [4.69, 9.17) is 27.9 Å². The van der Waals surface area contributed by atoms with Crippen LogP contribution >= 0.6 is 23.2 Å². The Bertz CT molecular complexity index is 927. The first kappa shape index (κ1) is 18.9. The molecule has 138 valence electrons. The fourth-order valence-corrected chi connectivity index (χ4v) is 3.34. The van der Waals surface area contributed by atoms with Crippen LogP contribution in [0.3, 0.4) is 0 Å². The lowest BCUT2D eigenvalue weighted by molar-refractivity contribution is 0.0588. The van der Waals surface area contributed by atoms with Crippen LogP contribution in [-0.2, 0) is 11.2 Å². The fourth-order valence-electron chi connectivity index (χ4n) is 2.94. The number of pyridine rings is 1. The molecule has 4 nitrogen and oxygen atoms in total. The summed E-state index contributed by atoms with van der Waals surface area (Å²) >= 11 is 12.2. The lowest BCUT2D eigenvalue weighted by Gasteiger charge is -2.26. The standard InChI is InChI=1S/C18H16Cl2F2N2O2/c1-18(2,3)26-17(25)24(4)16-8-5-12-14(15(20)9(19)7-23-12)13(8)10(21)6-11(16)22/h6-7H,5H2,1-4H3. The van der Waals surface area contributed by atoms with E-state index in [0.717, 1.165) is 11.0 Å². The van der Waals surface area contributed by atoms with Gasteiger partial charge in [-0.25, -0.2) is 13.6 Å². The third-order valence-electron chi connectivity index (χ3n) is 3.95. The summed E-state index contributed by atoms with van der Waals surface area (Å²) in [7, 11) is 1.37. The Hall–Kier alpha value is -1.92. The zero-order valence-electron chi connectivity index (χ0n) is 14.6. The largest absolute Gasteiger partial charge is 0.443 e. The van der Waals surface area contributed by atoms with E-state index in [0.29, 0.717) is 11.3 Å². The molecule has 26 heavy (non-hydrogen) atoms. The summed E-state index contributed by atoms with van der Waals surface area (Å²) < 4.78 is 34.4. The summed E-state index contributed by atoms with van der Waals surface area (Å²) in [5.74, 6) is -1.66. The topological polar surface area (TPSA) is 42.4 Å². The number of amides is 1. The molecule has 1 aliphatic carbocycles. The lowest BCUT2D eigenvalue weighted by atomic mass is 10.0. The van der Waals surface area contributed by atoms with Crippen LogP contribution in [0.5, 0.6) is 0 Å². The van der Waals surface area contributed by atoms with Crippen molar-refractivity contribution in [1.29, 1.82) is 0 Å². The Kier molecular flexibility index (Phi) is 4.61. The van der Waals surface area contributed by atoms with E-state index in [2.05, 4.69) is 4.98 Å². The maximum absolute atomic E-state index is 14.6. The van der Waals surface area contributed by atoms with Crippen molar-refractivity contribution in [3.8, 4) is 11.1 Å². The van der Waals surface area contributed by atoms with Crippen LogP contribution in [0.15, 0.2) is 12.3 Å². The third-order valence-corrected chi connectivity index (χ3v) is 4.73. The summed E-state index contributed by atoms with van der Waals surface area (Å²) in [5.41, 5.74) is 0.352. The van der Waals surface area contributed by atoms with Crippen LogP contribution in [0.1, 0.15) is 32.0 Å². The second kappa shape index (κ2) is 6.35. The lowest BCUT2D eigenvalue weighted by Crippen LogP contribution is -2.35. The van der Waals surface area contributed by atoms with Gasteiger partial charge in [0, 0.05) is 36.9 Å². The first-order valence-corrected chi connectivity index (χ1v) is 8.57. The number of benzene rings is 1. The van der Waals surface area contributed by atoms with Crippen LogP contribution < -0.4 is 4.90 Å². The Morgan fingerprint density at radius 2 is 1.88 bits per heavy atom. The Morgan fingerprint density at radius 1 is 1.23 bits per heavy atom. The fraction of sp³-hybridized carbons (Fsp3) is 0.333. The summed E-state index contributed by atoms with van der Waals surface area (Å²) in [5, 5.41) is 0.316. The minimum atomic E-state index is -0.871. The van der Waals surface area contributed by atoms with Crippen molar-refractivity contribution in [2.24, 2.45) is 0 Å². The highest BCUT2D eigenvalue weighted by molar-refractivity contribution is 6.43. The summed E-state index contributed by atoms with van der Waals surface area (Å²) in [6.45, 7) is 5.10. The molecule has 1 aromatic heterocycles. The van der Waals surface area contributed by atoms with E-state index >= 15 is 0 Å². The molecule has 0 aliphatic heterocycles. The van der Waals surface area contributed by atoms with Crippen LogP contribution in [0.25, 0.3) is 11.1 Å². The molecule has 0 bridgehead atoms. The van der Waals surface area contributed by atoms with Gasteiger partial charge in [0.2, 0.25) is 0 Å². The molecule has 0 fully saturated rings. The molecule has 0 unspecified atom stereocenters. The first-order chi connectivity index (χ1) is 12.0. The normalized spacial score (nSPS) is 12.6. The number of anilines is 1. The Labute approximate surface area is 159 Å². The van der Waals surface area contributed by atoms with Gasteiger partial charge in [0.25, 0.3) is 0 Å². The minimum Gasteiger partial charge on any atom is -0.443 e. The molecule has 8 heteroatoms. The molecule has 1 aliphatic rings. The van der Waals surface area contributed by atoms with Gasteiger partial charge in [0.15, 0.2) is 0 Å². The van der Waals surface area contributed by atoms with Crippen LogP contribution in [0.2, 0.25) is 10.0 Å². The van der Waals surface area contributed by atoms with Crippen molar-refractivity contribution >= 4 is 35.0 Å². The van der Waals surface area contributed by atoms with Gasteiger partial charge in [-0.15, -0.1) is 0 Å². The number of carbonyl (C=O) groups excluding carboxylic acids is 1. The molecule has 2 aromatic rings. The number of nitrogens with zero attached hydrogens (tertiary/aromatic N) is 2. The minimum absolute atomic E-state index is 0.0687. The van der Waals surface area contributed by atoms with Gasteiger partial charge in [-0.05, 0) is 26.3 Å². The predicted molar refractivity (Wildman–Crippen MR) is 97.1 cm³/mol.